The predicted octanol–water partition coefficient (Wildman–Crippen LogP) is 5.33. The molecule has 1 unspecified atom stereocenters. The van der Waals surface area contributed by atoms with Gasteiger partial charge in [-0.3, -0.25) is 14.7 Å². The van der Waals surface area contributed by atoms with E-state index >= 15 is 0 Å². The van der Waals surface area contributed by atoms with Crippen molar-refractivity contribution in [1.29, 1.82) is 0 Å². The highest BCUT2D eigenvalue weighted by Crippen LogP contribution is 2.28. The van der Waals surface area contributed by atoms with Crippen LogP contribution in [0, 0.1) is 0 Å². The lowest BCUT2D eigenvalue weighted by atomic mass is 10.00. The second kappa shape index (κ2) is 12.0. The van der Waals surface area contributed by atoms with Gasteiger partial charge >= 0.3 is 5.97 Å². The van der Waals surface area contributed by atoms with Crippen LogP contribution >= 0.6 is 0 Å². The van der Waals surface area contributed by atoms with Crippen LogP contribution in [0.25, 0.3) is 22.3 Å². The summed E-state index contributed by atoms with van der Waals surface area (Å²) in [5, 5.41) is 18.8. The number of benzene rings is 3. The second-order valence-corrected chi connectivity index (χ2v) is 7.54. The van der Waals surface area contributed by atoms with E-state index in [-0.39, 0.29) is 12.5 Å². The van der Waals surface area contributed by atoms with Crippen molar-refractivity contribution in [3.63, 3.8) is 0 Å². The molecule has 0 radical (unpaired) electrons. The SMILES string of the molecule is CC(OC=O)c1ccccc1.CNc1[nH]ncc1-c1ccc(-c2ccc(CC(=O)O)cc2)cc1. The van der Waals surface area contributed by atoms with Crippen molar-refractivity contribution < 1.29 is 19.4 Å². The maximum absolute atomic E-state index is 10.7. The number of carbonyl (C=O) groups excluding carboxylic acids is 1. The van der Waals surface area contributed by atoms with E-state index in [4.69, 9.17) is 9.84 Å². The summed E-state index contributed by atoms with van der Waals surface area (Å²) in [5.41, 5.74) is 6.07. The van der Waals surface area contributed by atoms with Crippen LogP contribution in [-0.2, 0) is 20.7 Å². The first-order valence-corrected chi connectivity index (χ1v) is 10.8. The molecule has 0 aliphatic rings. The molecule has 34 heavy (non-hydrogen) atoms. The Morgan fingerprint density at radius 2 is 1.59 bits per heavy atom. The van der Waals surface area contributed by atoms with Crippen LogP contribution in [0.2, 0.25) is 0 Å². The van der Waals surface area contributed by atoms with E-state index in [1.165, 1.54) is 0 Å². The fraction of sp³-hybridized carbons (Fsp3) is 0.148. The molecule has 7 heteroatoms. The molecular formula is C27H27N3O4. The van der Waals surface area contributed by atoms with Crippen molar-refractivity contribution in [2.45, 2.75) is 19.4 Å². The first kappa shape index (κ1) is 24.3. The molecule has 4 aromatic rings. The van der Waals surface area contributed by atoms with Gasteiger partial charge in [0.2, 0.25) is 0 Å². The number of aliphatic carboxylic acids is 1. The molecule has 0 aliphatic carbocycles. The maximum Gasteiger partial charge on any atom is 0.307 e. The number of rotatable bonds is 8. The Hall–Kier alpha value is -4.39. The molecule has 0 spiro atoms. The number of anilines is 1. The van der Waals surface area contributed by atoms with Gasteiger partial charge in [-0.2, -0.15) is 5.10 Å². The average molecular weight is 458 g/mol. The molecule has 3 aromatic carbocycles. The molecule has 4 rings (SSSR count). The van der Waals surface area contributed by atoms with Crippen LogP contribution in [0.3, 0.4) is 0 Å². The fourth-order valence-corrected chi connectivity index (χ4v) is 3.41. The number of ether oxygens (including phenoxy) is 1. The molecule has 0 saturated heterocycles. The van der Waals surface area contributed by atoms with Crippen LogP contribution in [-0.4, -0.2) is 34.8 Å². The van der Waals surface area contributed by atoms with E-state index in [2.05, 4.69) is 15.5 Å². The van der Waals surface area contributed by atoms with Crippen molar-refractivity contribution in [2.24, 2.45) is 0 Å². The Labute approximate surface area is 198 Å². The van der Waals surface area contributed by atoms with Crippen LogP contribution in [0.4, 0.5) is 5.82 Å². The van der Waals surface area contributed by atoms with Crippen LogP contribution in [0.1, 0.15) is 24.2 Å². The van der Waals surface area contributed by atoms with Crippen molar-refractivity contribution in [3.05, 3.63) is 96.2 Å². The molecule has 0 amide bonds. The van der Waals surface area contributed by atoms with Gasteiger partial charge in [0.25, 0.3) is 6.47 Å². The van der Waals surface area contributed by atoms with Gasteiger partial charge in [-0.25, -0.2) is 0 Å². The van der Waals surface area contributed by atoms with E-state index in [0.29, 0.717) is 6.47 Å². The fourth-order valence-electron chi connectivity index (χ4n) is 3.41. The van der Waals surface area contributed by atoms with Crippen LogP contribution in [0.5, 0.6) is 0 Å². The lowest BCUT2D eigenvalue weighted by Crippen LogP contribution is -1.99. The third kappa shape index (κ3) is 6.56. The normalized spacial score (nSPS) is 11.0. The van der Waals surface area contributed by atoms with Crippen LogP contribution < -0.4 is 5.32 Å². The number of hydrogen-bond donors (Lipinski definition) is 3. The zero-order valence-corrected chi connectivity index (χ0v) is 19.1. The summed E-state index contributed by atoms with van der Waals surface area (Å²) >= 11 is 0. The molecule has 0 fully saturated rings. The summed E-state index contributed by atoms with van der Waals surface area (Å²) in [7, 11) is 1.85. The molecule has 0 saturated carbocycles. The van der Waals surface area contributed by atoms with Gasteiger partial charge in [0.05, 0.1) is 12.6 Å². The van der Waals surface area contributed by atoms with Gasteiger partial charge in [-0.15, -0.1) is 0 Å². The number of carboxylic acid groups (broad SMARTS) is 1. The van der Waals surface area contributed by atoms with Gasteiger partial charge in [0.1, 0.15) is 11.9 Å². The highest BCUT2D eigenvalue weighted by atomic mass is 16.5. The highest BCUT2D eigenvalue weighted by molar-refractivity contribution is 5.77. The smallest absolute Gasteiger partial charge is 0.307 e. The minimum absolute atomic E-state index is 0.0481. The minimum Gasteiger partial charge on any atom is -0.481 e. The van der Waals surface area contributed by atoms with E-state index in [1.807, 2.05) is 92.8 Å². The summed E-state index contributed by atoms with van der Waals surface area (Å²) in [6.07, 6.45) is 1.70. The molecule has 3 N–H and O–H groups in total. The monoisotopic (exact) mass is 457 g/mol. The quantitative estimate of drug-likeness (QED) is 0.309. The van der Waals surface area contributed by atoms with E-state index in [1.54, 1.807) is 6.20 Å². The molecule has 174 valence electrons. The number of H-pyrrole nitrogens is 1. The highest BCUT2D eigenvalue weighted by Gasteiger charge is 2.07. The lowest BCUT2D eigenvalue weighted by Gasteiger charge is -2.08. The Bertz CT molecular complexity index is 1190. The van der Waals surface area contributed by atoms with E-state index < -0.39 is 5.97 Å². The van der Waals surface area contributed by atoms with Gasteiger partial charge in [0, 0.05) is 12.6 Å². The number of hydrogen-bond acceptors (Lipinski definition) is 5. The number of carboxylic acids is 1. The van der Waals surface area contributed by atoms with Crippen molar-refractivity contribution >= 4 is 18.3 Å². The summed E-state index contributed by atoms with van der Waals surface area (Å²) in [5.74, 6) is 0.0679. The first-order valence-electron chi connectivity index (χ1n) is 10.8. The molecule has 1 aromatic heterocycles. The van der Waals surface area contributed by atoms with Crippen molar-refractivity contribution in [3.8, 4) is 22.3 Å². The van der Waals surface area contributed by atoms with Gasteiger partial charge in [-0.1, -0.05) is 78.9 Å². The van der Waals surface area contributed by atoms with Gasteiger partial charge in [-0.05, 0) is 34.7 Å². The Morgan fingerprint density at radius 3 is 2.15 bits per heavy atom. The molecule has 7 nitrogen and oxygen atoms in total. The Morgan fingerprint density at radius 1 is 1.00 bits per heavy atom. The molecule has 1 atom stereocenters. The zero-order valence-electron chi connectivity index (χ0n) is 19.1. The third-order valence-electron chi connectivity index (χ3n) is 5.26. The van der Waals surface area contributed by atoms with E-state index in [9.17, 15) is 9.59 Å². The van der Waals surface area contributed by atoms with E-state index in [0.717, 1.165) is 39.2 Å². The molecule has 0 bridgehead atoms. The van der Waals surface area contributed by atoms with Crippen molar-refractivity contribution in [1.82, 2.24) is 10.2 Å². The van der Waals surface area contributed by atoms with Gasteiger partial charge in [0.15, 0.2) is 0 Å². The number of aromatic nitrogens is 2. The number of carbonyl (C=O) groups is 2. The van der Waals surface area contributed by atoms with Crippen LogP contribution in [0.15, 0.2) is 85.1 Å². The number of nitrogens with zero attached hydrogens (tertiary/aromatic N) is 1. The topological polar surface area (TPSA) is 104 Å². The Balaban J connectivity index is 0.000000248. The largest absolute Gasteiger partial charge is 0.481 e. The first-order chi connectivity index (χ1) is 16.5. The molecular weight excluding hydrogens is 430 g/mol. The number of nitrogens with one attached hydrogen (secondary N) is 2. The zero-order chi connectivity index (χ0) is 24.3. The standard InChI is InChI=1S/C18H17N3O2.C9H10O2/c1-19-18-16(11-20-21-18)15-8-6-14(7-9-15)13-4-2-12(3-5-13)10-17(22)23;1-8(11-7-10)9-5-3-2-4-6-9/h2-9,11H,10H2,1H3,(H,22,23)(H2,19,20,21);2-8H,1H3. The van der Waals surface area contributed by atoms with Crippen molar-refractivity contribution in [2.75, 3.05) is 12.4 Å². The lowest BCUT2D eigenvalue weighted by molar-refractivity contribution is -0.136. The Kier molecular flexibility index (Phi) is 8.57. The second-order valence-electron chi connectivity index (χ2n) is 7.54. The van der Waals surface area contributed by atoms with Gasteiger partial charge < -0.3 is 15.2 Å². The minimum atomic E-state index is -0.817. The average Bonchev–Trinajstić information content (AvgIpc) is 3.34. The maximum atomic E-state index is 10.7. The molecule has 1 heterocycles. The predicted molar refractivity (Wildman–Crippen MR) is 132 cm³/mol. The molecule has 0 aliphatic heterocycles. The summed E-state index contributed by atoms with van der Waals surface area (Å²) in [4.78, 5) is 20.7. The summed E-state index contributed by atoms with van der Waals surface area (Å²) in [6.45, 7) is 2.31. The number of aromatic amines is 1. The summed E-state index contributed by atoms with van der Waals surface area (Å²) < 4.78 is 4.75. The third-order valence-corrected chi connectivity index (χ3v) is 5.26. The summed E-state index contributed by atoms with van der Waals surface area (Å²) in [6, 6.07) is 25.4.